The molecule has 176 valence electrons. The smallest absolute Gasteiger partial charge is 0.276 e. The average Bonchev–Trinajstić information content (AvgIpc) is 3.54. The Morgan fingerprint density at radius 1 is 1.00 bits per heavy atom. The molecule has 0 aliphatic rings. The number of carbonyl (C=O) groups is 2. The number of hydrogen-bond donors (Lipinski definition) is 2. The number of nitrogens with zero attached hydrogens (tertiary/aromatic N) is 6. The highest BCUT2D eigenvalue weighted by atomic mass is 16.5. The molecule has 0 saturated carbocycles. The largest absolute Gasteiger partial charge is 0.471 e. The second-order valence-corrected chi connectivity index (χ2v) is 7.68. The van der Waals surface area contributed by atoms with Crippen molar-refractivity contribution in [2.24, 2.45) is 7.05 Å². The number of aryl methyl sites for hydroxylation is 3. The summed E-state index contributed by atoms with van der Waals surface area (Å²) in [7, 11) is 1.79. The van der Waals surface area contributed by atoms with Gasteiger partial charge in [-0.25, -0.2) is 4.68 Å². The van der Waals surface area contributed by atoms with Crippen molar-refractivity contribution in [3.05, 3.63) is 71.6 Å². The predicted molar refractivity (Wildman–Crippen MR) is 126 cm³/mol. The lowest BCUT2D eigenvalue weighted by molar-refractivity contribution is 0.101. The van der Waals surface area contributed by atoms with Gasteiger partial charge in [-0.05, 0) is 38.5 Å². The molecule has 34 heavy (non-hydrogen) atoms. The number of hydrogen-bond acceptors (Lipinski definition) is 6. The van der Waals surface area contributed by atoms with Gasteiger partial charge in [0.2, 0.25) is 0 Å². The molecule has 0 bridgehead atoms. The van der Waals surface area contributed by atoms with Gasteiger partial charge < -0.3 is 15.4 Å². The van der Waals surface area contributed by atoms with Crippen LogP contribution in [-0.2, 0) is 20.3 Å². The van der Waals surface area contributed by atoms with Gasteiger partial charge in [-0.2, -0.15) is 15.3 Å². The summed E-state index contributed by atoms with van der Waals surface area (Å²) in [6, 6.07) is 9.24. The van der Waals surface area contributed by atoms with E-state index in [0.717, 1.165) is 17.0 Å². The average molecular weight is 463 g/mol. The normalized spacial score (nSPS) is 10.8. The standard InChI is InChI=1S/C23H26N8O3/c1-5-31-21(23(33)26-18-12-24-29(4)16(18)3)19(13-25-31)27-22(32)17-10-11-30(28-17)14-34-20-9-7-6-8-15(20)2/h6-13H,5,14H2,1-4H3,(H,26,33)(H,27,32). The Balaban J connectivity index is 1.46. The fourth-order valence-corrected chi connectivity index (χ4v) is 3.35. The summed E-state index contributed by atoms with van der Waals surface area (Å²) in [5, 5.41) is 18.2. The third kappa shape index (κ3) is 4.68. The van der Waals surface area contributed by atoms with Crippen molar-refractivity contribution in [1.82, 2.24) is 29.3 Å². The van der Waals surface area contributed by atoms with Crippen LogP contribution in [0.25, 0.3) is 0 Å². The molecule has 11 nitrogen and oxygen atoms in total. The Labute approximate surface area is 196 Å². The number of rotatable bonds is 8. The molecule has 0 atom stereocenters. The first-order chi connectivity index (χ1) is 16.4. The summed E-state index contributed by atoms with van der Waals surface area (Å²) < 4.78 is 10.5. The molecule has 11 heteroatoms. The van der Waals surface area contributed by atoms with Crippen LogP contribution in [-0.4, -0.2) is 41.2 Å². The number of carbonyl (C=O) groups excluding carboxylic acids is 2. The van der Waals surface area contributed by atoms with Crippen molar-refractivity contribution in [1.29, 1.82) is 0 Å². The Hall–Kier alpha value is -4.41. The van der Waals surface area contributed by atoms with Gasteiger partial charge in [0.1, 0.15) is 11.4 Å². The number of anilines is 2. The molecule has 0 spiro atoms. The van der Waals surface area contributed by atoms with E-state index < -0.39 is 11.8 Å². The van der Waals surface area contributed by atoms with E-state index in [4.69, 9.17) is 4.74 Å². The monoisotopic (exact) mass is 462 g/mol. The first kappa shape index (κ1) is 22.8. The van der Waals surface area contributed by atoms with Gasteiger partial charge in [0.05, 0.1) is 29.5 Å². The number of amides is 2. The number of aromatic nitrogens is 6. The molecular weight excluding hydrogens is 436 g/mol. The van der Waals surface area contributed by atoms with Crippen LogP contribution in [0.4, 0.5) is 11.4 Å². The molecular formula is C23H26N8O3. The van der Waals surface area contributed by atoms with Crippen LogP contribution >= 0.6 is 0 Å². The Kier molecular flexibility index (Phi) is 6.44. The molecule has 4 rings (SSSR count). The van der Waals surface area contributed by atoms with E-state index in [1.165, 1.54) is 15.6 Å². The maximum atomic E-state index is 13.0. The molecule has 0 saturated heterocycles. The molecule has 0 aliphatic carbocycles. The number of para-hydroxylation sites is 1. The van der Waals surface area contributed by atoms with E-state index in [-0.39, 0.29) is 23.8 Å². The quantitative estimate of drug-likeness (QED) is 0.415. The second-order valence-electron chi connectivity index (χ2n) is 7.68. The van der Waals surface area contributed by atoms with Crippen molar-refractivity contribution in [3.63, 3.8) is 0 Å². The van der Waals surface area contributed by atoms with Gasteiger partial charge in [0.15, 0.2) is 12.4 Å². The second kappa shape index (κ2) is 9.61. The molecule has 1 aromatic carbocycles. The molecule has 0 fully saturated rings. The van der Waals surface area contributed by atoms with Gasteiger partial charge in [-0.15, -0.1) is 0 Å². The van der Waals surface area contributed by atoms with Crippen molar-refractivity contribution in [3.8, 4) is 5.75 Å². The van der Waals surface area contributed by atoms with Crippen molar-refractivity contribution in [2.75, 3.05) is 10.6 Å². The lowest BCUT2D eigenvalue weighted by Crippen LogP contribution is -2.21. The molecule has 0 radical (unpaired) electrons. The summed E-state index contributed by atoms with van der Waals surface area (Å²) in [5.74, 6) is -0.115. The summed E-state index contributed by atoms with van der Waals surface area (Å²) in [4.78, 5) is 25.8. The first-order valence-electron chi connectivity index (χ1n) is 10.8. The van der Waals surface area contributed by atoms with E-state index in [1.54, 1.807) is 30.2 Å². The van der Waals surface area contributed by atoms with Gasteiger partial charge in [-0.1, -0.05) is 18.2 Å². The zero-order chi connectivity index (χ0) is 24.2. The third-order valence-corrected chi connectivity index (χ3v) is 5.40. The van der Waals surface area contributed by atoms with Gasteiger partial charge in [0.25, 0.3) is 11.8 Å². The van der Waals surface area contributed by atoms with Gasteiger partial charge in [-0.3, -0.25) is 19.0 Å². The van der Waals surface area contributed by atoms with E-state index in [2.05, 4.69) is 25.9 Å². The molecule has 3 aromatic heterocycles. The lowest BCUT2D eigenvalue weighted by atomic mass is 10.2. The Morgan fingerprint density at radius 3 is 2.44 bits per heavy atom. The van der Waals surface area contributed by atoms with E-state index in [0.29, 0.717) is 12.2 Å². The van der Waals surface area contributed by atoms with Crippen LogP contribution in [0.15, 0.2) is 48.9 Å². The summed E-state index contributed by atoms with van der Waals surface area (Å²) >= 11 is 0. The molecule has 0 unspecified atom stereocenters. The highest BCUT2D eigenvalue weighted by Crippen LogP contribution is 2.20. The highest BCUT2D eigenvalue weighted by Gasteiger charge is 2.22. The minimum atomic E-state index is -0.461. The molecule has 2 N–H and O–H groups in total. The first-order valence-corrected chi connectivity index (χ1v) is 10.8. The van der Waals surface area contributed by atoms with Crippen LogP contribution in [0, 0.1) is 13.8 Å². The number of nitrogens with one attached hydrogen (secondary N) is 2. The van der Waals surface area contributed by atoms with E-state index in [9.17, 15) is 9.59 Å². The lowest BCUT2D eigenvalue weighted by Gasteiger charge is -2.10. The fourth-order valence-electron chi connectivity index (χ4n) is 3.35. The molecule has 4 aromatic rings. The van der Waals surface area contributed by atoms with Gasteiger partial charge >= 0.3 is 0 Å². The number of benzene rings is 1. The van der Waals surface area contributed by atoms with Crippen LogP contribution in [0.2, 0.25) is 0 Å². The summed E-state index contributed by atoms with van der Waals surface area (Å²) in [5.41, 5.74) is 3.11. The predicted octanol–water partition coefficient (Wildman–Crippen LogP) is 2.99. The van der Waals surface area contributed by atoms with Crippen molar-refractivity contribution < 1.29 is 14.3 Å². The topological polar surface area (TPSA) is 121 Å². The third-order valence-electron chi connectivity index (χ3n) is 5.40. The van der Waals surface area contributed by atoms with Crippen LogP contribution < -0.4 is 15.4 Å². The summed E-state index contributed by atoms with van der Waals surface area (Å²) in [6.45, 7) is 6.28. The SMILES string of the molecule is CCn1ncc(NC(=O)c2ccn(COc3ccccc3C)n2)c1C(=O)Nc1cnn(C)c1C. The van der Waals surface area contributed by atoms with E-state index in [1.807, 2.05) is 45.0 Å². The molecule has 2 amide bonds. The zero-order valence-corrected chi connectivity index (χ0v) is 19.4. The van der Waals surface area contributed by atoms with Crippen LogP contribution in [0.3, 0.4) is 0 Å². The molecule has 0 aliphatic heterocycles. The van der Waals surface area contributed by atoms with Crippen LogP contribution in [0.5, 0.6) is 5.75 Å². The van der Waals surface area contributed by atoms with Gasteiger partial charge in [0, 0.05) is 19.8 Å². The van der Waals surface area contributed by atoms with E-state index >= 15 is 0 Å². The maximum Gasteiger partial charge on any atom is 0.276 e. The van der Waals surface area contributed by atoms with Crippen molar-refractivity contribution >= 4 is 23.2 Å². The maximum absolute atomic E-state index is 13.0. The Bertz CT molecular complexity index is 1330. The fraction of sp³-hybridized carbons (Fsp3) is 0.261. The minimum absolute atomic E-state index is 0.157. The molecule has 3 heterocycles. The zero-order valence-electron chi connectivity index (χ0n) is 19.4. The highest BCUT2D eigenvalue weighted by molar-refractivity contribution is 6.11. The number of ether oxygens (including phenoxy) is 1. The van der Waals surface area contributed by atoms with Crippen LogP contribution in [0.1, 0.15) is 39.2 Å². The Morgan fingerprint density at radius 2 is 1.74 bits per heavy atom. The van der Waals surface area contributed by atoms with Crippen molar-refractivity contribution in [2.45, 2.75) is 34.0 Å². The minimum Gasteiger partial charge on any atom is -0.471 e. The summed E-state index contributed by atoms with van der Waals surface area (Å²) in [6.07, 6.45) is 4.68.